The van der Waals surface area contributed by atoms with Crippen LogP contribution in [0.4, 0.5) is 4.79 Å². The van der Waals surface area contributed by atoms with Gasteiger partial charge in [0.05, 0.1) is 24.7 Å². The molecule has 1 saturated heterocycles. The van der Waals surface area contributed by atoms with Crippen molar-refractivity contribution in [3.8, 4) is 5.75 Å². The van der Waals surface area contributed by atoms with E-state index in [2.05, 4.69) is 0 Å². The summed E-state index contributed by atoms with van der Waals surface area (Å²) in [6, 6.07) is 2.27. The molecule has 0 N–H and O–H groups in total. The Bertz CT molecular complexity index is 980. The quantitative estimate of drug-likeness (QED) is 0.525. The molecule has 10 nitrogen and oxygen atoms in total. The number of hydrogen-bond donors (Lipinski definition) is 0. The standard InChI is InChI=1S/C23H36N2O8S/c1-9-32-21(26)19(31-8)18-14-24(22(27)33-23(4,5)6)10-11-25(18)34(28,29)20-15(2)12-17(30-7)13-16(20)3/h12-13,18-19H,9-11,14H2,1-8H3. The molecule has 2 atom stereocenters. The summed E-state index contributed by atoms with van der Waals surface area (Å²) >= 11 is 0. The Hall–Kier alpha value is -2.37. The lowest BCUT2D eigenvalue weighted by Crippen LogP contribution is -2.62. The summed E-state index contributed by atoms with van der Waals surface area (Å²) in [4.78, 5) is 26.9. The molecule has 0 radical (unpaired) electrons. The van der Waals surface area contributed by atoms with Gasteiger partial charge in [0.25, 0.3) is 0 Å². The number of carbonyl (C=O) groups excluding carboxylic acids is 2. The second-order valence-electron chi connectivity index (χ2n) is 9.11. The van der Waals surface area contributed by atoms with E-state index in [0.29, 0.717) is 16.9 Å². The molecule has 1 aromatic rings. The van der Waals surface area contributed by atoms with Gasteiger partial charge < -0.3 is 23.8 Å². The Morgan fingerprint density at radius 2 is 1.71 bits per heavy atom. The molecule has 1 fully saturated rings. The summed E-state index contributed by atoms with van der Waals surface area (Å²) < 4.78 is 50.3. The summed E-state index contributed by atoms with van der Waals surface area (Å²) in [7, 11) is -1.26. The van der Waals surface area contributed by atoms with Crippen LogP contribution in [0.1, 0.15) is 38.8 Å². The fourth-order valence-electron chi connectivity index (χ4n) is 4.02. The van der Waals surface area contributed by atoms with Crippen molar-refractivity contribution < 1.29 is 37.0 Å². The molecule has 0 aromatic heterocycles. The van der Waals surface area contributed by atoms with E-state index >= 15 is 0 Å². The number of methoxy groups -OCH3 is 2. The third kappa shape index (κ3) is 6.19. The number of aryl methyl sites for hydroxylation is 2. The van der Waals surface area contributed by atoms with Crippen molar-refractivity contribution >= 4 is 22.1 Å². The van der Waals surface area contributed by atoms with Crippen molar-refractivity contribution in [2.24, 2.45) is 0 Å². The van der Waals surface area contributed by atoms with Crippen LogP contribution in [-0.4, -0.2) is 87.9 Å². The SMILES string of the molecule is CCOC(=O)C(OC)C1CN(C(=O)OC(C)(C)C)CCN1S(=O)(=O)c1c(C)cc(OC)cc1C. The molecule has 1 amide bonds. The highest BCUT2D eigenvalue weighted by atomic mass is 32.2. The monoisotopic (exact) mass is 500 g/mol. The van der Waals surface area contributed by atoms with Gasteiger partial charge in [0, 0.05) is 26.7 Å². The van der Waals surface area contributed by atoms with E-state index in [1.807, 2.05) is 0 Å². The van der Waals surface area contributed by atoms with E-state index in [4.69, 9.17) is 18.9 Å². The van der Waals surface area contributed by atoms with Crippen LogP contribution >= 0.6 is 0 Å². The van der Waals surface area contributed by atoms with Gasteiger partial charge in [-0.2, -0.15) is 4.31 Å². The second kappa shape index (κ2) is 10.9. The minimum Gasteiger partial charge on any atom is -0.497 e. The third-order valence-electron chi connectivity index (χ3n) is 5.38. The van der Waals surface area contributed by atoms with Gasteiger partial charge in [0.15, 0.2) is 6.10 Å². The van der Waals surface area contributed by atoms with Crippen molar-refractivity contribution in [3.63, 3.8) is 0 Å². The van der Waals surface area contributed by atoms with Crippen LogP contribution in [0.3, 0.4) is 0 Å². The Balaban J connectivity index is 2.52. The van der Waals surface area contributed by atoms with Gasteiger partial charge in [0.1, 0.15) is 11.4 Å². The predicted molar refractivity (Wildman–Crippen MR) is 125 cm³/mol. The lowest BCUT2D eigenvalue weighted by molar-refractivity contribution is -0.159. The van der Waals surface area contributed by atoms with Gasteiger partial charge in [0.2, 0.25) is 10.0 Å². The number of amides is 1. The lowest BCUT2D eigenvalue weighted by Gasteiger charge is -2.42. The molecular weight excluding hydrogens is 464 g/mol. The minimum absolute atomic E-state index is 0.0452. The zero-order chi connectivity index (χ0) is 25.8. The van der Waals surface area contributed by atoms with Crippen molar-refractivity contribution in [3.05, 3.63) is 23.3 Å². The van der Waals surface area contributed by atoms with Crippen LogP contribution in [0.15, 0.2) is 17.0 Å². The Morgan fingerprint density at radius 3 is 2.18 bits per heavy atom. The van der Waals surface area contributed by atoms with Crippen molar-refractivity contribution in [1.29, 1.82) is 0 Å². The van der Waals surface area contributed by atoms with Crippen LogP contribution in [0.2, 0.25) is 0 Å². The predicted octanol–water partition coefficient (Wildman–Crippen LogP) is 2.50. The fraction of sp³-hybridized carbons (Fsp3) is 0.652. The zero-order valence-corrected chi connectivity index (χ0v) is 22.0. The van der Waals surface area contributed by atoms with Gasteiger partial charge >= 0.3 is 12.1 Å². The van der Waals surface area contributed by atoms with E-state index in [1.165, 1.54) is 23.4 Å². The summed E-state index contributed by atoms with van der Waals surface area (Å²) in [5.74, 6) is -0.161. The van der Waals surface area contributed by atoms with Crippen LogP contribution in [0.25, 0.3) is 0 Å². The Labute approximate surface area is 202 Å². The van der Waals surface area contributed by atoms with Crippen LogP contribution in [0, 0.1) is 13.8 Å². The number of benzene rings is 1. The summed E-state index contributed by atoms with van der Waals surface area (Å²) in [5, 5.41) is 0. The number of sulfonamides is 1. The maximum Gasteiger partial charge on any atom is 0.410 e. The van der Waals surface area contributed by atoms with E-state index in [0.717, 1.165) is 0 Å². The molecule has 0 bridgehead atoms. The van der Waals surface area contributed by atoms with E-state index in [1.54, 1.807) is 53.7 Å². The van der Waals surface area contributed by atoms with Crippen LogP contribution in [0.5, 0.6) is 5.75 Å². The van der Waals surface area contributed by atoms with E-state index in [-0.39, 0.29) is 31.1 Å². The average Bonchev–Trinajstić information content (AvgIpc) is 2.72. The molecule has 0 saturated carbocycles. The Morgan fingerprint density at radius 1 is 1.12 bits per heavy atom. The fourth-order valence-corrected chi connectivity index (χ4v) is 6.04. The molecule has 11 heteroatoms. The first kappa shape index (κ1) is 27.9. The van der Waals surface area contributed by atoms with Crippen molar-refractivity contribution in [1.82, 2.24) is 9.21 Å². The number of carbonyl (C=O) groups is 2. The second-order valence-corrected chi connectivity index (χ2v) is 10.9. The third-order valence-corrected chi connectivity index (χ3v) is 7.61. The highest BCUT2D eigenvalue weighted by Gasteiger charge is 2.46. The molecular formula is C23H36N2O8S. The van der Waals surface area contributed by atoms with Gasteiger partial charge in [-0.15, -0.1) is 0 Å². The number of esters is 1. The Kier molecular flexibility index (Phi) is 8.95. The molecule has 192 valence electrons. The maximum absolute atomic E-state index is 13.9. The van der Waals surface area contributed by atoms with E-state index in [9.17, 15) is 18.0 Å². The molecule has 0 spiro atoms. The zero-order valence-electron chi connectivity index (χ0n) is 21.2. The molecule has 1 heterocycles. The highest BCUT2D eigenvalue weighted by molar-refractivity contribution is 7.89. The van der Waals surface area contributed by atoms with Gasteiger partial charge in [-0.1, -0.05) is 0 Å². The molecule has 1 aromatic carbocycles. The van der Waals surface area contributed by atoms with Crippen molar-refractivity contribution in [2.75, 3.05) is 40.5 Å². The number of ether oxygens (including phenoxy) is 4. The van der Waals surface area contributed by atoms with E-state index < -0.39 is 39.8 Å². The first-order valence-electron chi connectivity index (χ1n) is 11.1. The summed E-state index contributed by atoms with van der Waals surface area (Å²) in [6.45, 7) is 10.3. The van der Waals surface area contributed by atoms with Gasteiger partial charge in [-0.05, 0) is 64.8 Å². The smallest absolute Gasteiger partial charge is 0.410 e. The maximum atomic E-state index is 13.9. The molecule has 1 aliphatic heterocycles. The largest absolute Gasteiger partial charge is 0.497 e. The molecule has 0 aliphatic carbocycles. The number of piperazine rings is 1. The number of hydrogen-bond acceptors (Lipinski definition) is 8. The van der Waals surface area contributed by atoms with Gasteiger partial charge in [-0.25, -0.2) is 18.0 Å². The summed E-state index contributed by atoms with van der Waals surface area (Å²) in [6.07, 6.45) is -1.83. The normalized spacial score (nSPS) is 18.4. The molecule has 34 heavy (non-hydrogen) atoms. The van der Waals surface area contributed by atoms with Gasteiger partial charge in [-0.3, -0.25) is 0 Å². The number of nitrogens with zero attached hydrogens (tertiary/aromatic N) is 2. The molecule has 2 rings (SSSR count). The first-order chi connectivity index (χ1) is 15.8. The first-order valence-corrected chi connectivity index (χ1v) is 12.5. The number of rotatable bonds is 7. The molecule has 1 aliphatic rings. The topological polar surface area (TPSA) is 112 Å². The highest BCUT2D eigenvalue weighted by Crippen LogP contribution is 2.32. The lowest BCUT2D eigenvalue weighted by atomic mass is 10.1. The van der Waals surface area contributed by atoms with Crippen LogP contribution < -0.4 is 4.74 Å². The van der Waals surface area contributed by atoms with Crippen LogP contribution in [-0.2, 0) is 29.0 Å². The molecule has 2 unspecified atom stereocenters. The summed E-state index contributed by atoms with van der Waals surface area (Å²) in [5.41, 5.74) is 0.292. The van der Waals surface area contributed by atoms with Crippen molar-refractivity contribution in [2.45, 2.75) is 64.2 Å². The average molecular weight is 501 g/mol. The minimum atomic E-state index is -4.07.